The van der Waals surface area contributed by atoms with Crippen molar-refractivity contribution in [1.29, 1.82) is 5.26 Å². The van der Waals surface area contributed by atoms with E-state index >= 15 is 0 Å². The van der Waals surface area contributed by atoms with Crippen LogP contribution in [0.15, 0.2) is 61.2 Å². The van der Waals surface area contributed by atoms with Crippen LogP contribution in [0.4, 0.5) is 5.69 Å². The van der Waals surface area contributed by atoms with Crippen molar-refractivity contribution in [2.45, 2.75) is 44.7 Å². The molecule has 35 heavy (non-hydrogen) atoms. The number of anilines is 1. The summed E-state index contributed by atoms with van der Waals surface area (Å²) in [6.07, 6.45) is 10.8. The van der Waals surface area contributed by atoms with Crippen molar-refractivity contribution >= 4 is 22.5 Å². The molecule has 7 heteroatoms. The predicted octanol–water partition coefficient (Wildman–Crippen LogP) is 5.53. The number of carbonyl (C=O) groups is 1. The Balaban J connectivity index is 1.34. The van der Waals surface area contributed by atoms with Gasteiger partial charge in [0.2, 0.25) is 5.91 Å². The minimum Gasteiger partial charge on any atom is -0.492 e. The lowest BCUT2D eigenvalue weighted by Crippen LogP contribution is -2.18. The summed E-state index contributed by atoms with van der Waals surface area (Å²) >= 11 is 0. The third-order valence-corrected chi connectivity index (χ3v) is 7.08. The van der Waals surface area contributed by atoms with E-state index < -0.39 is 0 Å². The Morgan fingerprint density at radius 1 is 1.14 bits per heavy atom. The summed E-state index contributed by atoms with van der Waals surface area (Å²) in [5, 5.41) is 14.1. The van der Waals surface area contributed by atoms with E-state index in [1.807, 2.05) is 47.2 Å². The van der Waals surface area contributed by atoms with Gasteiger partial charge in [0.05, 0.1) is 29.6 Å². The quantitative estimate of drug-likeness (QED) is 0.371. The number of nitriles is 1. The molecular weight excluding hydrogens is 438 g/mol. The van der Waals surface area contributed by atoms with Crippen molar-refractivity contribution in [2.75, 3.05) is 11.9 Å². The maximum absolute atomic E-state index is 12.1. The number of imidazole rings is 1. The predicted molar refractivity (Wildman–Crippen MR) is 134 cm³/mol. The smallest absolute Gasteiger partial charge is 0.227 e. The molecule has 0 unspecified atom stereocenters. The molecule has 0 spiro atoms. The third-order valence-electron chi connectivity index (χ3n) is 7.08. The number of benzene rings is 2. The highest BCUT2D eigenvalue weighted by Crippen LogP contribution is 2.43. The van der Waals surface area contributed by atoms with Gasteiger partial charge in [-0.2, -0.15) is 5.26 Å². The van der Waals surface area contributed by atoms with E-state index in [4.69, 9.17) is 4.74 Å². The second-order valence-electron chi connectivity index (χ2n) is 9.46. The van der Waals surface area contributed by atoms with Crippen LogP contribution in [0.1, 0.15) is 43.7 Å². The molecule has 0 radical (unpaired) electrons. The number of rotatable bonds is 8. The first-order valence-corrected chi connectivity index (χ1v) is 12.3. The summed E-state index contributed by atoms with van der Waals surface area (Å²) < 4.78 is 10.4. The highest BCUT2D eigenvalue weighted by molar-refractivity contribution is 5.96. The minimum absolute atomic E-state index is 0.0969. The molecule has 2 heterocycles. The van der Waals surface area contributed by atoms with Gasteiger partial charge in [-0.3, -0.25) is 4.79 Å². The van der Waals surface area contributed by atoms with E-state index in [0.717, 1.165) is 65.8 Å². The Morgan fingerprint density at radius 3 is 2.63 bits per heavy atom. The van der Waals surface area contributed by atoms with Gasteiger partial charge < -0.3 is 19.2 Å². The summed E-state index contributed by atoms with van der Waals surface area (Å²) in [5.74, 6) is 1.06. The van der Waals surface area contributed by atoms with E-state index in [2.05, 4.69) is 27.0 Å². The van der Waals surface area contributed by atoms with Gasteiger partial charge in [-0.15, -0.1) is 0 Å². The number of aromatic nitrogens is 3. The van der Waals surface area contributed by atoms with Gasteiger partial charge in [-0.1, -0.05) is 12.1 Å². The molecule has 176 valence electrons. The molecule has 6 rings (SSSR count). The van der Waals surface area contributed by atoms with Crippen LogP contribution in [-0.2, 0) is 11.3 Å². The summed E-state index contributed by atoms with van der Waals surface area (Å²) in [5.41, 5.74) is 4.45. The van der Waals surface area contributed by atoms with Crippen LogP contribution in [0.25, 0.3) is 22.2 Å². The fraction of sp³-hybridized carbons (Fsp3) is 0.321. The number of amides is 1. The zero-order valence-electron chi connectivity index (χ0n) is 19.5. The zero-order valence-corrected chi connectivity index (χ0v) is 19.5. The highest BCUT2D eigenvalue weighted by atomic mass is 16.5. The number of hydrogen-bond acceptors (Lipinski definition) is 4. The van der Waals surface area contributed by atoms with Crippen molar-refractivity contribution < 1.29 is 9.53 Å². The maximum atomic E-state index is 12.1. The summed E-state index contributed by atoms with van der Waals surface area (Å²) in [7, 11) is 0. The highest BCUT2D eigenvalue weighted by Gasteiger charge is 2.30. The van der Waals surface area contributed by atoms with E-state index in [0.29, 0.717) is 18.2 Å². The molecule has 2 aromatic heterocycles. The monoisotopic (exact) mass is 465 g/mol. The number of hydrogen-bond donors (Lipinski definition) is 1. The summed E-state index contributed by atoms with van der Waals surface area (Å²) in [6, 6.07) is 16.7. The Kier molecular flexibility index (Phi) is 5.49. The van der Waals surface area contributed by atoms with Crippen LogP contribution in [-0.4, -0.2) is 26.6 Å². The van der Waals surface area contributed by atoms with Gasteiger partial charge in [0.15, 0.2) is 0 Å². The zero-order chi connectivity index (χ0) is 23.8. The van der Waals surface area contributed by atoms with Crippen LogP contribution >= 0.6 is 0 Å². The first-order chi connectivity index (χ1) is 17.2. The van der Waals surface area contributed by atoms with Gasteiger partial charge >= 0.3 is 0 Å². The largest absolute Gasteiger partial charge is 0.492 e. The average molecular weight is 466 g/mol. The molecule has 2 aromatic carbocycles. The number of carbonyl (C=O) groups excluding carboxylic acids is 1. The van der Waals surface area contributed by atoms with E-state index in [-0.39, 0.29) is 11.8 Å². The molecule has 1 N–H and O–H groups in total. The Bertz CT molecular complexity index is 1400. The first kappa shape index (κ1) is 21.5. The van der Waals surface area contributed by atoms with Gasteiger partial charge in [0.1, 0.15) is 18.4 Å². The van der Waals surface area contributed by atoms with Crippen LogP contribution in [0.2, 0.25) is 0 Å². The fourth-order valence-corrected chi connectivity index (χ4v) is 4.79. The molecule has 2 saturated carbocycles. The van der Waals surface area contributed by atoms with Crippen LogP contribution in [0.3, 0.4) is 0 Å². The molecule has 2 aliphatic carbocycles. The molecule has 0 saturated heterocycles. The van der Waals surface area contributed by atoms with E-state index in [1.165, 1.54) is 6.42 Å². The molecular formula is C28H27N5O2. The van der Waals surface area contributed by atoms with E-state index in [1.54, 1.807) is 12.5 Å². The number of ether oxygens (including phenoxy) is 1. The van der Waals surface area contributed by atoms with Gasteiger partial charge in [-0.05, 0) is 61.9 Å². The second kappa shape index (κ2) is 8.95. The molecule has 1 amide bonds. The third kappa shape index (κ3) is 4.17. The van der Waals surface area contributed by atoms with Crippen molar-refractivity contribution in [2.24, 2.45) is 5.92 Å². The van der Waals surface area contributed by atoms with Crippen LogP contribution in [0.5, 0.6) is 5.75 Å². The molecule has 4 aromatic rings. The standard InChI is InChI=1S/C28H27N5O2/c29-17-25-24-11-10-23(35-15-14-32-13-12-30-18-32)16-26(24)33(22-2-1-3-22)27(25)19-6-8-21(9-7-19)31-28(34)20-4-5-20/h6-13,16,18,20,22H,1-5,14-15H2,(H,31,34). The summed E-state index contributed by atoms with van der Waals surface area (Å²) in [6.45, 7) is 1.26. The van der Waals surface area contributed by atoms with Crippen molar-refractivity contribution in [3.8, 4) is 23.1 Å². The summed E-state index contributed by atoms with van der Waals surface area (Å²) in [4.78, 5) is 16.2. The lowest BCUT2D eigenvalue weighted by atomic mass is 9.92. The number of fused-ring (bicyclic) bond motifs is 1. The lowest BCUT2D eigenvalue weighted by Gasteiger charge is -2.30. The van der Waals surface area contributed by atoms with Gasteiger partial charge in [-0.25, -0.2) is 4.98 Å². The van der Waals surface area contributed by atoms with Gasteiger partial charge in [0, 0.05) is 41.5 Å². The molecule has 2 aliphatic rings. The van der Waals surface area contributed by atoms with Crippen LogP contribution < -0.4 is 10.1 Å². The number of nitrogens with one attached hydrogen (secondary N) is 1. The van der Waals surface area contributed by atoms with Crippen molar-refractivity contribution in [1.82, 2.24) is 14.1 Å². The SMILES string of the molecule is N#Cc1c(-c2ccc(NC(=O)C3CC3)cc2)n(C2CCC2)c2cc(OCCn3ccnc3)ccc12. The molecule has 7 nitrogen and oxygen atoms in total. The maximum Gasteiger partial charge on any atom is 0.227 e. The first-order valence-electron chi connectivity index (χ1n) is 12.3. The average Bonchev–Trinajstić information content (AvgIpc) is 3.49. The van der Waals surface area contributed by atoms with Gasteiger partial charge in [0.25, 0.3) is 0 Å². The number of nitrogens with zero attached hydrogens (tertiary/aromatic N) is 4. The van der Waals surface area contributed by atoms with Crippen molar-refractivity contribution in [3.63, 3.8) is 0 Å². The Morgan fingerprint density at radius 2 is 1.97 bits per heavy atom. The molecule has 0 bridgehead atoms. The van der Waals surface area contributed by atoms with Crippen molar-refractivity contribution in [3.05, 3.63) is 66.7 Å². The Hall–Kier alpha value is -4.05. The fourth-order valence-electron chi connectivity index (χ4n) is 4.79. The Labute approximate surface area is 204 Å². The second-order valence-corrected chi connectivity index (χ2v) is 9.46. The normalized spacial score (nSPS) is 15.5. The van der Waals surface area contributed by atoms with E-state index in [9.17, 15) is 10.1 Å². The van der Waals surface area contributed by atoms with Crippen LogP contribution in [0, 0.1) is 17.2 Å². The molecule has 2 fully saturated rings. The molecule has 0 atom stereocenters. The minimum atomic E-state index is 0.0969. The lowest BCUT2D eigenvalue weighted by molar-refractivity contribution is -0.117. The molecule has 0 aliphatic heterocycles. The topological polar surface area (TPSA) is 84.9 Å².